The normalized spacial score (nSPS) is 11.6. The van der Waals surface area contributed by atoms with E-state index in [1.165, 1.54) is 64.5 Å². The zero-order chi connectivity index (χ0) is 40.3. The second kappa shape index (κ2) is 14.5. The first-order chi connectivity index (χ1) is 30.2. The molecule has 2 aromatic heterocycles. The monoisotopic (exact) mass is 792 g/mol. The van der Waals surface area contributed by atoms with Gasteiger partial charge in [-0.25, -0.2) is 4.98 Å². The first-order valence-corrected chi connectivity index (χ1v) is 21.5. The van der Waals surface area contributed by atoms with E-state index in [2.05, 4.69) is 212 Å². The molecule has 3 heteroatoms. The zero-order valence-electron chi connectivity index (χ0n) is 33.1. The van der Waals surface area contributed by atoms with E-state index in [-0.39, 0.29) is 0 Å². The third-order valence-electron chi connectivity index (χ3n) is 12.1. The highest BCUT2D eigenvalue weighted by atomic mass is 32.1. The van der Waals surface area contributed by atoms with Crippen molar-refractivity contribution in [3.05, 3.63) is 219 Å². The highest BCUT2D eigenvalue weighted by Gasteiger charge is 2.17. The molecule has 0 saturated heterocycles. The van der Waals surface area contributed by atoms with Crippen molar-refractivity contribution in [1.29, 1.82) is 0 Å². The van der Waals surface area contributed by atoms with Crippen LogP contribution in [0.3, 0.4) is 0 Å². The summed E-state index contributed by atoms with van der Waals surface area (Å²) in [6.07, 6.45) is 1.96. The molecular formula is C58H36N2S. The summed E-state index contributed by atoms with van der Waals surface area (Å²) in [7, 11) is 0. The number of fused-ring (bicyclic) bond motifs is 9. The minimum Gasteiger partial charge on any atom is -0.252 e. The Labute approximate surface area is 357 Å². The van der Waals surface area contributed by atoms with Crippen LogP contribution in [0.1, 0.15) is 0 Å². The minimum atomic E-state index is 0.851. The molecule has 0 unspecified atom stereocenters. The Morgan fingerprint density at radius 1 is 0.295 bits per heavy atom. The highest BCUT2D eigenvalue weighted by molar-refractivity contribution is 7.26. The first kappa shape index (κ1) is 35.2. The van der Waals surface area contributed by atoms with Crippen LogP contribution in [0.15, 0.2) is 219 Å². The molecule has 0 spiro atoms. The average molecular weight is 793 g/mol. The summed E-state index contributed by atoms with van der Waals surface area (Å²) >= 11 is 1.86. The van der Waals surface area contributed by atoms with E-state index >= 15 is 0 Å². The van der Waals surface area contributed by atoms with Gasteiger partial charge in [-0.15, -0.1) is 11.3 Å². The van der Waals surface area contributed by atoms with Crippen LogP contribution in [0.25, 0.3) is 120 Å². The van der Waals surface area contributed by atoms with E-state index in [4.69, 9.17) is 9.97 Å². The fraction of sp³-hybridized carbons (Fsp3) is 0. The molecule has 2 nitrogen and oxygen atoms in total. The molecule has 0 saturated carbocycles. The standard InChI is InChI=1S/C58H36N2S/c1-3-11-37(12-4-1)39-21-25-41(26-22-39)43-29-31-48-49-32-30-44(42-27-23-40(24-28-42)38-13-5-2-6-14-38)35-53(49)57-56(52(48)34-43)59-36-54(60-57)46-16-9-15-45(33-46)47-18-10-19-51-50-17-7-8-20-55(50)61-58(47)51/h1-36H. The van der Waals surface area contributed by atoms with Crippen LogP contribution < -0.4 is 0 Å². The van der Waals surface area contributed by atoms with Crippen LogP contribution in [0.4, 0.5) is 0 Å². The van der Waals surface area contributed by atoms with Gasteiger partial charge < -0.3 is 0 Å². The van der Waals surface area contributed by atoms with Crippen LogP contribution in [0.5, 0.6) is 0 Å². The Hall–Kier alpha value is -7.72. The number of benzene rings is 10. The van der Waals surface area contributed by atoms with E-state index in [1.54, 1.807) is 0 Å². The van der Waals surface area contributed by atoms with Crippen molar-refractivity contribution in [2.75, 3.05) is 0 Å². The minimum absolute atomic E-state index is 0.851. The molecule has 0 amide bonds. The summed E-state index contributed by atoms with van der Waals surface area (Å²) in [5, 5.41) is 7.11. The van der Waals surface area contributed by atoms with Gasteiger partial charge in [-0.3, -0.25) is 4.98 Å². The van der Waals surface area contributed by atoms with Crippen LogP contribution in [-0.2, 0) is 0 Å². The number of hydrogen-bond acceptors (Lipinski definition) is 3. The van der Waals surface area contributed by atoms with E-state index in [0.717, 1.165) is 55.1 Å². The van der Waals surface area contributed by atoms with Crippen molar-refractivity contribution in [2.45, 2.75) is 0 Å². The Balaban J connectivity index is 1.02. The van der Waals surface area contributed by atoms with E-state index in [9.17, 15) is 0 Å². The lowest BCUT2D eigenvalue weighted by Crippen LogP contribution is -1.94. The second-order valence-corrected chi connectivity index (χ2v) is 16.8. The lowest BCUT2D eigenvalue weighted by atomic mass is 9.92. The predicted molar refractivity (Wildman–Crippen MR) is 260 cm³/mol. The van der Waals surface area contributed by atoms with Crippen molar-refractivity contribution < 1.29 is 0 Å². The van der Waals surface area contributed by atoms with Gasteiger partial charge in [0.05, 0.1) is 22.9 Å². The number of hydrogen-bond donors (Lipinski definition) is 0. The molecule has 0 atom stereocenters. The van der Waals surface area contributed by atoms with Crippen LogP contribution in [0.2, 0.25) is 0 Å². The average Bonchev–Trinajstić information content (AvgIpc) is 3.73. The summed E-state index contributed by atoms with van der Waals surface area (Å²) in [6, 6.07) is 76.6. The van der Waals surface area contributed by atoms with E-state index in [1.807, 2.05) is 17.5 Å². The molecule has 0 aliphatic carbocycles. The van der Waals surface area contributed by atoms with Crippen molar-refractivity contribution in [3.63, 3.8) is 0 Å². The number of aromatic nitrogens is 2. The Kier molecular flexibility index (Phi) is 8.39. The third-order valence-corrected chi connectivity index (χ3v) is 13.4. The van der Waals surface area contributed by atoms with Gasteiger partial charge in [0, 0.05) is 36.5 Å². The summed E-state index contributed by atoms with van der Waals surface area (Å²) < 4.78 is 2.61. The second-order valence-electron chi connectivity index (χ2n) is 15.7. The fourth-order valence-electron chi connectivity index (χ4n) is 9.01. The molecule has 10 aromatic carbocycles. The molecule has 12 aromatic rings. The molecule has 0 fully saturated rings. The molecule has 0 aliphatic heterocycles. The Morgan fingerprint density at radius 3 is 1.41 bits per heavy atom. The van der Waals surface area contributed by atoms with Crippen LogP contribution >= 0.6 is 11.3 Å². The summed E-state index contributed by atoms with van der Waals surface area (Å²) in [6.45, 7) is 0. The van der Waals surface area contributed by atoms with Gasteiger partial charge in [-0.2, -0.15) is 0 Å². The predicted octanol–water partition coefficient (Wildman–Crippen LogP) is 16.3. The highest BCUT2D eigenvalue weighted by Crippen LogP contribution is 2.42. The van der Waals surface area contributed by atoms with E-state index < -0.39 is 0 Å². The maximum atomic E-state index is 5.53. The van der Waals surface area contributed by atoms with Crippen molar-refractivity contribution in [3.8, 4) is 66.9 Å². The van der Waals surface area contributed by atoms with Gasteiger partial charge >= 0.3 is 0 Å². The quantitative estimate of drug-likeness (QED) is 0.157. The maximum Gasteiger partial charge on any atom is 0.0979 e. The summed E-state index contributed by atoms with van der Waals surface area (Å²) in [5.41, 5.74) is 15.6. The first-order valence-electron chi connectivity index (χ1n) is 20.7. The number of thiophene rings is 1. The molecule has 0 bridgehead atoms. The number of rotatable bonds is 6. The van der Waals surface area contributed by atoms with Gasteiger partial charge in [-0.1, -0.05) is 188 Å². The summed E-state index contributed by atoms with van der Waals surface area (Å²) in [5.74, 6) is 0. The molecule has 0 aliphatic rings. The lowest BCUT2D eigenvalue weighted by molar-refractivity contribution is 1.31. The molecule has 2 heterocycles. The smallest absolute Gasteiger partial charge is 0.0979 e. The van der Waals surface area contributed by atoms with Gasteiger partial charge in [0.25, 0.3) is 0 Å². The summed E-state index contributed by atoms with van der Waals surface area (Å²) in [4.78, 5) is 10.8. The Morgan fingerprint density at radius 2 is 0.770 bits per heavy atom. The molecule has 61 heavy (non-hydrogen) atoms. The number of nitrogens with zero attached hydrogens (tertiary/aromatic N) is 2. The third kappa shape index (κ3) is 6.18. The lowest BCUT2D eigenvalue weighted by Gasteiger charge is -2.14. The SMILES string of the molecule is c1ccc(-c2ccc(-c3ccc4c5ccc(-c6ccc(-c7ccccc7)cc6)cc5c5nc(-c6cccc(-c7cccc8c7sc7ccccc78)c6)cnc5c4c3)cc2)cc1. The van der Waals surface area contributed by atoms with Gasteiger partial charge in [0.2, 0.25) is 0 Å². The fourth-order valence-corrected chi connectivity index (χ4v) is 10.3. The van der Waals surface area contributed by atoms with Crippen molar-refractivity contribution in [1.82, 2.24) is 9.97 Å². The van der Waals surface area contributed by atoms with E-state index in [0.29, 0.717) is 0 Å². The Bertz CT molecular complexity index is 3610. The van der Waals surface area contributed by atoms with Crippen molar-refractivity contribution >= 4 is 64.1 Å². The molecule has 12 rings (SSSR count). The maximum absolute atomic E-state index is 5.53. The molecular weight excluding hydrogens is 757 g/mol. The largest absolute Gasteiger partial charge is 0.252 e. The topological polar surface area (TPSA) is 25.8 Å². The molecule has 284 valence electrons. The van der Waals surface area contributed by atoms with Gasteiger partial charge in [0.15, 0.2) is 0 Å². The zero-order valence-corrected chi connectivity index (χ0v) is 33.9. The van der Waals surface area contributed by atoms with Gasteiger partial charge in [-0.05, 0) is 90.7 Å². The van der Waals surface area contributed by atoms with Crippen LogP contribution in [-0.4, -0.2) is 9.97 Å². The van der Waals surface area contributed by atoms with Gasteiger partial charge in [0.1, 0.15) is 0 Å². The van der Waals surface area contributed by atoms with Crippen LogP contribution in [0, 0.1) is 0 Å². The van der Waals surface area contributed by atoms with Crippen molar-refractivity contribution in [2.24, 2.45) is 0 Å². The molecule has 0 N–H and O–H groups in total. The molecule has 0 radical (unpaired) electrons.